The third-order valence-electron chi connectivity index (χ3n) is 3.34. The number of carbonyl (C=O) groups is 1. The molecule has 1 N–H and O–H groups in total. The molecule has 22 heavy (non-hydrogen) atoms. The van der Waals surface area contributed by atoms with E-state index in [1.165, 1.54) is 11.8 Å². The number of hydrogen-bond donors (Lipinski definition) is 1. The van der Waals surface area contributed by atoms with Gasteiger partial charge in [-0.1, -0.05) is 30.0 Å². The van der Waals surface area contributed by atoms with Crippen LogP contribution < -0.4 is 5.32 Å². The van der Waals surface area contributed by atoms with Crippen LogP contribution in [0.5, 0.6) is 0 Å². The summed E-state index contributed by atoms with van der Waals surface area (Å²) in [4.78, 5) is 21.1. The summed E-state index contributed by atoms with van der Waals surface area (Å²) in [5.74, 6) is -0.0369. The van der Waals surface area contributed by atoms with Crippen molar-refractivity contribution in [3.05, 3.63) is 46.8 Å². The van der Waals surface area contributed by atoms with E-state index in [1.54, 1.807) is 0 Å². The average Bonchev–Trinajstić information content (AvgIpc) is 2.41. The van der Waals surface area contributed by atoms with E-state index < -0.39 is 0 Å². The molecule has 0 aliphatic carbocycles. The van der Waals surface area contributed by atoms with Crippen LogP contribution in [0.25, 0.3) is 0 Å². The lowest BCUT2D eigenvalue weighted by Crippen LogP contribution is -2.23. The van der Waals surface area contributed by atoms with Gasteiger partial charge in [-0.3, -0.25) is 4.79 Å². The quantitative estimate of drug-likeness (QED) is 0.688. The molecular weight excluding hydrogens is 294 g/mol. The maximum Gasteiger partial charge on any atom is 0.237 e. The van der Waals surface area contributed by atoms with Gasteiger partial charge in [0, 0.05) is 17.1 Å². The predicted molar refractivity (Wildman–Crippen MR) is 91.4 cm³/mol. The van der Waals surface area contributed by atoms with Gasteiger partial charge in [0.25, 0.3) is 0 Å². The summed E-state index contributed by atoms with van der Waals surface area (Å²) < 4.78 is 0. The minimum absolute atomic E-state index is 0.0369. The molecule has 0 saturated carbocycles. The van der Waals surface area contributed by atoms with E-state index in [4.69, 9.17) is 0 Å². The first-order valence-electron chi connectivity index (χ1n) is 7.23. The molecule has 0 spiro atoms. The van der Waals surface area contributed by atoms with E-state index in [-0.39, 0.29) is 11.2 Å². The van der Waals surface area contributed by atoms with Crippen LogP contribution in [0.15, 0.2) is 29.4 Å². The highest BCUT2D eigenvalue weighted by Gasteiger charge is 2.18. The van der Waals surface area contributed by atoms with Crippen LogP contribution in [0, 0.1) is 27.7 Å². The largest absolute Gasteiger partial charge is 0.325 e. The van der Waals surface area contributed by atoms with Crippen molar-refractivity contribution < 1.29 is 4.79 Å². The van der Waals surface area contributed by atoms with E-state index in [0.29, 0.717) is 5.16 Å². The van der Waals surface area contributed by atoms with E-state index in [1.807, 2.05) is 58.9 Å². The zero-order chi connectivity index (χ0) is 16.3. The normalized spacial score (nSPS) is 12.0. The van der Waals surface area contributed by atoms with Crippen molar-refractivity contribution in [3.8, 4) is 0 Å². The van der Waals surface area contributed by atoms with Gasteiger partial charge in [0.15, 0.2) is 5.16 Å². The Hall–Kier alpha value is -1.88. The Morgan fingerprint density at radius 3 is 2.18 bits per heavy atom. The zero-order valence-corrected chi connectivity index (χ0v) is 14.4. The first-order valence-corrected chi connectivity index (χ1v) is 8.11. The first-order chi connectivity index (χ1) is 10.4. The summed E-state index contributed by atoms with van der Waals surface area (Å²) in [6.45, 7) is 9.72. The maximum atomic E-state index is 12.4. The van der Waals surface area contributed by atoms with Gasteiger partial charge in [0.05, 0.1) is 5.25 Å². The molecule has 0 bridgehead atoms. The maximum absolute atomic E-state index is 12.4. The van der Waals surface area contributed by atoms with Crippen LogP contribution in [0.1, 0.15) is 29.4 Å². The van der Waals surface area contributed by atoms with Crippen molar-refractivity contribution >= 4 is 23.4 Å². The minimum atomic E-state index is -0.264. The lowest BCUT2D eigenvalue weighted by atomic mass is 10.1. The van der Waals surface area contributed by atoms with Gasteiger partial charge in [0.2, 0.25) is 5.91 Å². The molecule has 0 fully saturated rings. The Bertz CT molecular complexity index is 660. The molecule has 0 radical (unpaired) electrons. The fraction of sp³-hybridized carbons (Fsp3) is 0.353. The number of carbonyl (C=O) groups excluding carboxylic acids is 1. The summed E-state index contributed by atoms with van der Waals surface area (Å²) in [6.07, 6.45) is 0. The molecule has 2 aromatic rings. The van der Waals surface area contributed by atoms with Gasteiger partial charge in [-0.2, -0.15) is 0 Å². The van der Waals surface area contributed by atoms with Gasteiger partial charge in [-0.15, -0.1) is 0 Å². The highest BCUT2D eigenvalue weighted by molar-refractivity contribution is 8.00. The molecule has 4 nitrogen and oxygen atoms in total. The number of nitrogens with one attached hydrogen (secondary N) is 1. The monoisotopic (exact) mass is 315 g/mol. The van der Waals surface area contributed by atoms with Crippen LogP contribution in [0.2, 0.25) is 0 Å². The summed E-state index contributed by atoms with van der Waals surface area (Å²) in [5, 5.41) is 3.39. The second-order valence-electron chi connectivity index (χ2n) is 5.45. The highest BCUT2D eigenvalue weighted by Crippen LogP contribution is 2.24. The fourth-order valence-electron chi connectivity index (χ4n) is 2.19. The molecule has 1 amide bonds. The lowest BCUT2D eigenvalue weighted by molar-refractivity contribution is -0.115. The number of aryl methyl sites for hydroxylation is 4. The summed E-state index contributed by atoms with van der Waals surface area (Å²) in [5.41, 5.74) is 4.84. The van der Waals surface area contributed by atoms with Crippen molar-refractivity contribution in [2.75, 3.05) is 5.32 Å². The van der Waals surface area contributed by atoms with Crippen LogP contribution in [-0.4, -0.2) is 21.1 Å². The van der Waals surface area contributed by atoms with Gasteiger partial charge < -0.3 is 5.32 Å². The SMILES string of the molecule is Cc1cc(C)nc(SC(C)C(=O)Nc2c(C)cccc2C)n1. The highest BCUT2D eigenvalue weighted by atomic mass is 32.2. The van der Waals surface area contributed by atoms with Crippen molar-refractivity contribution in [2.24, 2.45) is 0 Å². The van der Waals surface area contributed by atoms with Gasteiger partial charge in [-0.25, -0.2) is 9.97 Å². The molecule has 5 heteroatoms. The number of thioether (sulfide) groups is 1. The third kappa shape index (κ3) is 4.07. The zero-order valence-electron chi connectivity index (χ0n) is 13.6. The van der Waals surface area contributed by atoms with Crippen molar-refractivity contribution in [1.29, 1.82) is 0 Å². The fourth-order valence-corrected chi connectivity index (χ4v) is 3.07. The smallest absolute Gasteiger partial charge is 0.237 e. The number of hydrogen-bond acceptors (Lipinski definition) is 4. The number of rotatable bonds is 4. The lowest BCUT2D eigenvalue weighted by Gasteiger charge is -2.15. The summed E-state index contributed by atoms with van der Waals surface area (Å²) in [6, 6.07) is 7.90. The Balaban J connectivity index is 2.09. The number of nitrogens with zero attached hydrogens (tertiary/aromatic N) is 2. The predicted octanol–water partition coefficient (Wildman–Crippen LogP) is 3.83. The molecule has 0 aliphatic rings. The molecule has 1 aromatic carbocycles. The molecule has 1 aromatic heterocycles. The van der Waals surface area contributed by atoms with E-state index in [2.05, 4.69) is 15.3 Å². The Labute approximate surface area is 135 Å². The second kappa shape index (κ2) is 6.92. The number of amides is 1. The number of benzene rings is 1. The first kappa shape index (κ1) is 16.5. The molecule has 0 saturated heterocycles. The Morgan fingerprint density at radius 1 is 1.09 bits per heavy atom. The molecule has 0 aliphatic heterocycles. The van der Waals surface area contributed by atoms with Crippen molar-refractivity contribution in [3.63, 3.8) is 0 Å². The van der Waals surface area contributed by atoms with Gasteiger partial charge in [-0.05, 0) is 51.8 Å². The van der Waals surface area contributed by atoms with E-state index >= 15 is 0 Å². The van der Waals surface area contributed by atoms with Crippen molar-refractivity contribution in [2.45, 2.75) is 45.0 Å². The summed E-state index contributed by atoms with van der Waals surface area (Å²) in [7, 11) is 0. The standard InChI is InChI=1S/C17H21N3OS/c1-10-7-6-8-11(2)15(10)20-16(21)14(5)22-17-18-12(3)9-13(4)19-17/h6-9,14H,1-5H3,(H,20,21). The number of aromatic nitrogens is 2. The molecular formula is C17H21N3OS. The second-order valence-corrected chi connectivity index (χ2v) is 6.76. The molecule has 2 rings (SSSR count). The van der Waals surface area contributed by atoms with Crippen LogP contribution in [0.3, 0.4) is 0 Å². The van der Waals surface area contributed by atoms with Gasteiger partial charge >= 0.3 is 0 Å². The van der Waals surface area contributed by atoms with Crippen LogP contribution >= 0.6 is 11.8 Å². The summed E-state index contributed by atoms with van der Waals surface area (Å²) >= 11 is 1.38. The average molecular weight is 315 g/mol. The number of para-hydroxylation sites is 1. The topological polar surface area (TPSA) is 54.9 Å². The van der Waals surface area contributed by atoms with E-state index in [0.717, 1.165) is 28.2 Å². The van der Waals surface area contributed by atoms with Gasteiger partial charge in [0.1, 0.15) is 0 Å². The molecule has 1 atom stereocenters. The third-order valence-corrected chi connectivity index (χ3v) is 4.30. The van der Waals surface area contributed by atoms with E-state index in [9.17, 15) is 4.79 Å². The Kier molecular flexibility index (Phi) is 5.19. The molecule has 116 valence electrons. The van der Waals surface area contributed by atoms with Crippen LogP contribution in [-0.2, 0) is 4.79 Å². The Morgan fingerprint density at radius 2 is 1.64 bits per heavy atom. The molecule has 1 heterocycles. The number of anilines is 1. The minimum Gasteiger partial charge on any atom is -0.325 e. The van der Waals surface area contributed by atoms with Crippen molar-refractivity contribution in [1.82, 2.24) is 9.97 Å². The molecule has 1 unspecified atom stereocenters. The van der Waals surface area contributed by atoms with Crippen LogP contribution in [0.4, 0.5) is 5.69 Å².